The second kappa shape index (κ2) is 8.49. The molecule has 1 fully saturated rings. The van der Waals surface area contributed by atoms with E-state index in [1.165, 1.54) is 19.3 Å². The van der Waals surface area contributed by atoms with Crippen LogP contribution in [0.5, 0.6) is 0 Å². The van der Waals surface area contributed by atoms with Gasteiger partial charge in [0, 0.05) is 43.9 Å². The number of carbonyl (C=O) groups is 2. The number of nitrogens with zero attached hydrogens (tertiary/aromatic N) is 3. The van der Waals surface area contributed by atoms with E-state index in [0.717, 1.165) is 12.8 Å². The minimum Gasteiger partial charge on any atom is -0.404 e. The third-order valence-corrected chi connectivity index (χ3v) is 5.21. The number of amides is 2. The van der Waals surface area contributed by atoms with Crippen molar-refractivity contribution in [3.8, 4) is 0 Å². The van der Waals surface area contributed by atoms with Gasteiger partial charge >= 0.3 is 6.18 Å². The Hall–Kier alpha value is -2.84. The average molecular weight is 422 g/mol. The van der Waals surface area contributed by atoms with Crippen LogP contribution in [0, 0.1) is 5.92 Å². The van der Waals surface area contributed by atoms with Crippen LogP contribution in [0.2, 0.25) is 0 Å². The summed E-state index contributed by atoms with van der Waals surface area (Å²) in [4.78, 5) is 32.2. The molecule has 0 bridgehead atoms. The number of anilines is 2. The lowest BCUT2D eigenvalue weighted by Crippen LogP contribution is -2.51. The van der Waals surface area contributed by atoms with Gasteiger partial charge in [0.25, 0.3) is 0 Å². The minimum atomic E-state index is -4.27. The molecule has 0 saturated heterocycles. The van der Waals surface area contributed by atoms with Crippen molar-refractivity contribution in [2.75, 3.05) is 22.9 Å². The molecule has 1 saturated carbocycles. The van der Waals surface area contributed by atoms with E-state index in [0.29, 0.717) is 29.1 Å². The average Bonchev–Trinajstić information content (AvgIpc) is 3.50. The second-order valence-corrected chi connectivity index (χ2v) is 7.69. The Morgan fingerprint density at radius 3 is 2.53 bits per heavy atom. The van der Waals surface area contributed by atoms with Gasteiger partial charge in [-0.2, -0.15) is 13.2 Å². The molecule has 6 nitrogen and oxygen atoms in total. The van der Waals surface area contributed by atoms with Gasteiger partial charge in [0.15, 0.2) is 0 Å². The van der Waals surface area contributed by atoms with Crippen molar-refractivity contribution in [1.82, 2.24) is 0 Å². The summed E-state index contributed by atoms with van der Waals surface area (Å²) in [7, 11) is 0. The minimum absolute atomic E-state index is 0.00559. The van der Waals surface area contributed by atoms with E-state index >= 15 is 0 Å². The number of carbonyl (C=O) groups excluding carboxylic acids is 2. The summed E-state index contributed by atoms with van der Waals surface area (Å²) in [5.74, 6) is -0.0927. The maximum absolute atomic E-state index is 12.9. The van der Waals surface area contributed by atoms with Gasteiger partial charge in [-0.15, -0.1) is 0 Å². The fourth-order valence-electron chi connectivity index (χ4n) is 3.61. The van der Waals surface area contributed by atoms with Crippen LogP contribution >= 0.6 is 0 Å². The highest BCUT2D eigenvalue weighted by molar-refractivity contribution is 6.11. The highest BCUT2D eigenvalue weighted by atomic mass is 19.4. The summed E-state index contributed by atoms with van der Waals surface area (Å²) >= 11 is 0. The SMILES string of the molecule is CC(=O)N1c2ccc(C(C=NCCC(F)(F)F)=CN)cc2N(C(=O)C2CC2)CC1C. The summed E-state index contributed by atoms with van der Waals surface area (Å²) in [6.45, 7) is 3.36. The molecule has 2 amide bonds. The zero-order valence-electron chi connectivity index (χ0n) is 16.9. The zero-order valence-corrected chi connectivity index (χ0v) is 16.9. The van der Waals surface area contributed by atoms with Crippen molar-refractivity contribution >= 4 is 35.0 Å². The van der Waals surface area contributed by atoms with Gasteiger partial charge < -0.3 is 15.5 Å². The number of alkyl halides is 3. The normalized spacial score (nSPS) is 19.9. The monoisotopic (exact) mass is 422 g/mol. The van der Waals surface area contributed by atoms with Crippen LogP contribution in [0.1, 0.15) is 38.7 Å². The van der Waals surface area contributed by atoms with Crippen molar-refractivity contribution in [3.05, 3.63) is 30.0 Å². The maximum atomic E-state index is 12.9. The third-order valence-electron chi connectivity index (χ3n) is 5.21. The smallest absolute Gasteiger partial charge is 0.390 e. The number of benzene rings is 1. The molecular weight excluding hydrogens is 397 g/mol. The number of hydrogen-bond acceptors (Lipinski definition) is 4. The van der Waals surface area contributed by atoms with Crippen molar-refractivity contribution < 1.29 is 22.8 Å². The Balaban J connectivity index is 1.93. The maximum Gasteiger partial charge on any atom is 0.390 e. The molecule has 1 aliphatic carbocycles. The number of aliphatic imine (C=N–C) groups is 1. The summed E-state index contributed by atoms with van der Waals surface area (Å²) < 4.78 is 36.9. The summed E-state index contributed by atoms with van der Waals surface area (Å²) in [6, 6.07) is 5.03. The van der Waals surface area contributed by atoms with E-state index in [4.69, 9.17) is 5.73 Å². The Morgan fingerprint density at radius 2 is 1.97 bits per heavy atom. The summed E-state index contributed by atoms with van der Waals surface area (Å²) in [5.41, 5.74) is 7.95. The molecule has 0 radical (unpaired) electrons. The Bertz CT molecular complexity index is 891. The van der Waals surface area contributed by atoms with Crippen LogP contribution in [0.15, 0.2) is 29.4 Å². The third kappa shape index (κ3) is 4.83. The first-order valence-electron chi connectivity index (χ1n) is 9.86. The van der Waals surface area contributed by atoms with Crippen LogP contribution in [-0.4, -0.2) is 43.3 Å². The van der Waals surface area contributed by atoms with E-state index in [1.54, 1.807) is 28.0 Å². The zero-order chi connectivity index (χ0) is 22.1. The molecular formula is C21H25F3N4O2. The van der Waals surface area contributed by atoms with Gasteiger partial charge in [-0.1, -0.05) is 6.07 Å². The molecule has 2 aliphatic rings. The fraction of sp³-hybridized carbons (Fsp3) is 0.476. The second-order valence-electron chi connectivity index (χ2n) is 7.69. The molecule has 1 aromatic carbocycles. The lowest BCUT2D eigenvalue weighted by atomic mass is 10.0. The molecule has 9 heteroatoms. The molecule has 1 aliphatic heterocycles. The highest BCUT2D eigenvalue weighted by Gasteiger charge is 2.39. The van der Waals surface area contributed by atoms with E-state index in [-0.39, 0.29) is 23.8 Å². The molecule has 1 aromatic rings. The topological polar surface area (TPSA) is 79.0 Å². The number of allylic oxidation sites excluding steroid dienone is 1. The van der Waals surface area contributed by atoms with Gasteiger partial charge in [-0.05, 0) is 37.5 Å². The van der Waals surface area contributed by atoms with Gasteiger partial charge in [0.05, 0.1) is 23.8 Å². The predicted molar refractivity (Wildman–Crippen MR) is 110 cm³/mol. The Kier molecular flexibility index (Phi) is 6.19. The van der Waals surface area contributed by atoms with E-state index in [1.807, 2.05) is 6.92 Å². The molecule has 1 atom stereocenters. The van der Waals surface area contributed by atoms with Gasteiger partial charge in [-0.25, -0.2) is 0 Å². The van der Waals surface area contributed by atoms with Crippen LogP contribution < -0.4 is 15.5 Å². The first-order chi connectivity index (χ1) is 14.1. The molecule has 0 aromatic heterocycles. The fourth-order valence-corrected chi connectivity index (χ4v) is 3.61. The van der Waals surface area contributed by atoms with Gasteiger partial charge in [-0.3, -0.25) is 14.6 Å². The van der Waals surface area contributed by atoms with E-state index in [9.17, 15) is 22.8 Å². The van der Waals surface area contributed by atoms with Crippen molar-refractivity contribution in [3.63, 3.8) is 0 Å². The molecule has 1 heterocycles. The Labute approximate surface area is 173 Å². The number of nitrogens with two attached hydrogens (primary N) is 1. The number of rotatable bonds is 5. The van der Waals surface area contributed by atoms with Gasteiger partial charge in [0.2, 0.25) is 11.8 Å². The molecule has 30 heavy (non-hydrogen) atoms. The summed E-state index contributed by atoms with van der Waals surface area (Å²) in [5, 5.41) is 0. The lowest BCUT2D eigenvalue weighted by molar-refractivity contribution is -0.132. The first kappa shape index (κ1) is 21.9. The quantitative estimate of drug-likeness (QED) is 0.738. The first-order valence-corrected chi connectivity index (χ1v) is 9.86. The van der Waals surface area contributed by atoms with Crippen molar-refractivity contribution in [1.29, 1.82) is 0 Å². The van der Waals surface area contributed by atoms with Crippen LogP contribution in [0.25, 0.3) is 5.57 Å². The molecule has 0 spiro atoms. The van der Waals surface area contributed by atoms with E-state index < -0.39 is 19.1 Å². The molecule has 1 unspecified atom stereocenters. The standard InChI is InChI=1S/C21H25F3N4O2/c1-13-12-27(20(30)15-3-4-15)19-9-16(5-6-18(19)28(13)14(2)29)17(10-25)11-26-8-7-21(22,23)24/h5-6,9-11,13,15H,3-4,7-8,12,25H2,1-2H3. The van der Waals surface area contributed by atoms with Gasteiger partial charge in [0.1, 0.15) is 0 Å². The highest BCUT2D eigenvalue weighted by Crippen LogP contribution is 2.41. The van der Waals surface area contributed by atoms with Crippen LogP contribution in [-0.2, 0) is 9.59 Å². The van der Waals surface area contributed by atoms with Crippen LogP contribution in [0.3, 0.4) is 0 Å². The largest absolute Gasteiger partial charge is 0.404 e. The molecule has 2 N–H and O–H groups in total. The lowest BCUT2D eigenvalue weighted by Gasteiger charge is -2.41. The Morgan fingerprint density at radius 1 is 1.27 bits per heavy atom. The molecule has 3 rings (SSSR count). The summed E-state index contributed by atoms with van der Waals surface area (Å²) in [6.07, 6.45) is -1.01. The van der Waals surface area contributed by atoms with E-state index in [2.05, 4.69) is 4.99 Å². The van der Waals surface area contributed by atoms with Crippen LogP contribution in [0.4, 0.5) is 24.5 Å². The molecule has 162 valence electrons. The predicted octanol–water partition coefficient (Wildman–Crippen LogP) is 3.51. The number of hydrogen-bond donors (Lipinski definition) is 1. The van der Waals surface area contributed by atoms with Crippen molar-refractivity contribution in [2.24, 2.45) is 16.6 Å². The number of fused-ring (bicyclic) bond motifs is 1. The number of halogens is 3. The van der Waals surface area contributed by atoms with Crippen molar-refractivity contribution in [2.45, 2.75) is 45.3 Å².